The fraction of sp³-hybridized carbons (Fsp3) is 0.455. The normalized spacial score (nSPS) is 10.6. The number of rotatable bonds is 6. The quantitative estimate of drug-likeness (QED) is 0.649. The van der Waals surface area contributed by atoms with Gasteiger partial charge in [0.15, 0.2) is 5.16 Å². The van der Waals surface area contributed by atoms with Crippen molar-refractivity contribution in [3.63, 3.8) is 0 Å². The van der Waals surface area contributed by atoms with E-state index in [0.717, 1.165) is 39.7 Å². The van der Waals surface area contributed by atoms with Crippen molar-refractivity contribution < 1.29 is 0 Å². The number of hydrogen-bond acceptors (Lipinski definition) is 7. The van der Waals surface area contributed by atoms with Crippen molar-refractivity contribution in [3.05, 3.63) is 23.0 Å². The molecular formula is C11H15N5S2. The second-order valence-corrected chi connectivity index (χ2v) is 5.70. The summed E-state index contributed by atoms with van der Waals surface area (Å²) in [5.41, 5.74) is 0.982. The van der Waals surface area contributed by atoms with E-state index >= 15 is 0 Å². The van der Waals surface area contributed by atoms with Crippen LogP contribution in [0.5, 0.6) is 0 Å². The molecule has 18 heavy (non-hydrogen) atoms. The molecule has 2 aromatic heterocycles. The molecule has 0 spiro atoms. The van der Waals surface area contributed by atoms with Crippen LogP contribution in [0.15, 0.2) is 17.4 Å². The van der Waals surface area contributed by atoms with Crippen molar-refractivity contribution in [3.8, 4) is 0 Å². The molecule has 2 rings (SSSR count). The minimum atomic E-state index is 0.759. The molecule has 7 heteroatoms. The third-order valence-electron chi connectivity index (χ3n) is 2.09. The molecule has 0 aromatic carbocycles. The topological polar surface area (TPSA) is 63.6 Å². The lowest BCUT2D eigenvalue weighted by Gasteiger charge is -1.97. The summed E-state index contributed by atoms with van der Waals surface area (Å²) in [5, 5.41) is 14.1. The molecule has 0 aliphatic carbocycles. The predicted molar refractivity (Wildman–Crippen MR) is 75.0 cm³/mol. The maximum Gasteiger partial charge on any atom is 0.205 e. The van der Waals surface area contributed by atoms with Crippen LogP contribution in [-0.2, 0) is 5.75 Å². The Morgan fingerprint density at radius 2 is 2.28 bits per heavy atom. The molecule has 0 saturated heterocycles. The SMILES string of the molecule is CCCNc1nnc(CSc2nccc(C)n2)s1. The lowest BCUT2D eigenvalue weighted by Crippen LogP contribution is -1.98. The smallest absolute Gasteiger partial charge is 0.205 e. The Labute approximate surface area is 114 Å². The van der Waals surface area contributed by atoms with Gasteiger partial charge in [0.2, 0.25) is 5.13 Å². The van der Waals surface area contributed by atoms with Gasteiger partial charge in [0, 0.05) is 18.4 Å². The van der Waals surface area contributed by atoms with Crippen LogP contribution in [0.3, 0.4) is 0 Å². The van der Waals surface area contributed by atoms with E-state index in [2.05, 4.69) is 32.4 Å². The summed E-state index contributed by atoms with van der Waals surface area (Å²) in [5.74, 6) is 0.759. The van der Waals surface area contributed by atoms with E-state index in [1.54, 1.807) is 29.3 Å². The average Bonchev–Trinajstić information content (AvgIpc) is 2.82. The van der Waals surface area contributed by atoms with Gasteiger partial charge in [0.25, 0.3) is 0 Å². The van der Waals surface area contributed by atoms with Gasteiger partial charge in [-0.1, -0.05) is 30.0 Å². The molecule has 2 aromatic rings. The number of aromatic nitrogens is 4. The van der Waals surface area contributed by atoms with Crippen LogP contribution in [0.4, 0.5) is 5.13 Å². The summed E-state index contributed by atoms with van der Waals surface area (Å²) >= 11 is 3.17. The highest BCUT2D eigenvalue weighted by Crippen LogP contribution is 2.23. The summed E-state index contributed by atoms with van der Waals surface area (Å²) in [6.07, 6.45) is 2.86. The zero-order chi connectivity index (χ0) is 12.8. The van der Waals surface area contributed by atoms with Crippen molar-refractivity contribution in [2.24, 2.45) is 0 Å². The summed E-state index contributed by atoms with van der Waals surface area (Å²) in [7, 11) is 0. The van der Waals surface area contributed by atoms with Crippen LogP contribution in [-0.4, -0.2) is 26.7 Å². The van der Waals surface area contributed by atoms with Gasteiger partial charge in [0.05, 0.1) is 5.75 Å². The lowest BCUT2D eigenvalue weighted by atomic mass is 10.5. The van der Waals surface area contributed by atoms with Gasteiger partial charge < -0.3 is 5.32 Å². The third kappa shape index (κ3) is 3.92. The number of anilines is 1. The van der Waals surface area contributed by atoms with Crippen LogP contribution in [0.25, 0.3) is 0 Å². The molecule has 2 heterocycles. The first kappa shape index (κ1) is 13.2. The number of nitrogens with zero attached hydrogens (tertiary/aromatic N) is 4. The van der Waals surface area contributed by atoms with Gasteiger partial charge in [-0.25, -0.2) is 9.97 Å². The van der Waals surface area contributed by atoms with E-state index in [4.69, 9.17) is 0 Å². The molecule has 0 bridgehead atoms. The van der Waals surface area contributed by atoms with Crippen LogP contribution < -0.4 is 5.32 Å². The summed E-state index contributed by atoms with van der Waals surface area (Å²) < 4.78 is 0. The maximum atomic E-state index is 4.34. The molecule has 96 valence electrons. The van der Waals surface area contributed by atoms with E-state index in [1.165, 1.54) is 0 Å². The van der Waals surface area contributed by atoms with Crippen LogP contribution >= 0.6 is 23.1 Å². The highest BCUT2D eigenvalue weighted by Gasteiger charge is 2.05. The van der Waals surface area contributed by atoms with E-state index in [9.17, 15) is 0 Å². The summed E-state index contributed by atoms with van der Waals surface area (Å²) in [4.78, 5) is 8.54. The summed E-state index contributed by atoms with van der Waals surface area (Å²) in [6, 6.07) is 1.89. The molecular weight excluding hydrogens is 266 g/mol. The van der Waals surface area contributed by atoms with E-state index in [0.29, 0.717) is 0 Å². The van der Waals surface area contributed by atoms with Crippen LogP contribution in [0.2, 0.25) is 0 Å². The first-order valence-corrected chi connectivity index (χ1v) is 7.57. The molecule has 0 aliphatic rings. The number of nitrogens with one attached hydrogen (secondary N) is 1. The van der Waals surface area contributed by atoms with Gasteiger partial charge in [-0.15, -0.1) is 10.2 Å². The molecule has 1 N–H and O–H groups in total. The molecule has 0 amide bonds. The fourth-order valence-corrected chi connectivity index (χ4v) is 2.86. The van der Waals surface area contributed by atoms with Gasteiger partial charge in [-0.3, -0.25) is 0 Å². The first-order chi connectivity index (χ1) is 8.78. The third-order valence-corrected chi connectivity index (χ3v) is 4.03. The van der Waals surface area contributed by atoms with E-state index < -0.39 is 0 Å². The highest BCUT2D eigenvalue weighted by atomic mass is 32.2. The standard InChI is InChI=1S/C11H15N5S2/c1-3-5-12-11-16-15-9(18-11)7-17-10-13-6-4-8(2)14-10/h4,6H,3,5,7H2,1-2H3,(H,12,16). The van der Waals surface area contributed by atoms with Gasteiger partial charge in [-0.2, -0.15) is 0 Å². The Kier molecular flexibility index (Phi) is 4.89. The first-order valence-electron chi connectivity index (χ1n) is 5.76. The molecule has 0 unspecified atom stereocenters. The maximum absolute atomic E-state index is 4.34. The Morgan fingerprint density at radius 1 is 1.39 bits per heavy atom. The van der Waals surface area contributed by atoms with Gasteiger partial charge in [0.1, 0.15) is 5.01 Å². The average molecular weight is 281 g/mol. The van der Waals surface area contributed by atoms with Crippen molar-refractivity contribution in [1.82, 2.24) is 20.2 Å². The summed E-state index contributed by atoms with van der Waals surface area (Å²) in [6.45, 7) is 5.02. The fourth-order valence-electron chi connectivity index (χ4n) is 1.24. The van der Waals surface area contributed by atoms with Gasteiger partial charge in [-0.05, 0) is 19.4 Å². The lowest BCUT2D eigenvalue weighted by molar-refractivity contribution is 0.929. The number of hydrogen-bond donors (Lipinski definition) is 1. The van der Waals surface area contributed by atoms with E-state index in [-0.39, 0.29) is 0 Å². The van der Waals surface area contributed by atoms with Crippen LogP contribution in [0, 0.1) is 6.92 Å². The van der Waals surface area contributed by atoms with Crippen molar-refractivity contribution in [1.29, 1.82) is 0 Å². The Hall–Kier alpha value is -1.21. The Balaban J connectivity index is 1.88. The van der Waals surface area contributed by atoms with Crippen molar-refractivity contribution in [2.75, 3.05) is 11.9 Å². The van der Waals surface area contributed by atoms with Crippen molar-refractivity contribution in [2.45, 2.75) is 31.2 Å². The molecule has 0 radical (unpaired) electrons. The molecule has 0 saturated carbocycles. The minimum absolute atomic E-state index is 0.759. The molecule has 0 fully saturated rings. The second kappa shape index (κ2) is 6.65. The second-order valence-electron chi connectivity index (χ2n) is 3.70. The molecule has 5 nitrogen and oxygen atoms in total. The molecule has 0 atom stereocenters. The zero-order valence-corrected chi connectivity index (χ0v) is 12.0. The predicted octanol–water partition coefficient (Wildman–Crippen LogP) is 2.75. The van der Waals surface area contributed by atoms with Gasteiger partial charge >= 0.3 is 0 Å². The minimum Gasteiger partial charge on any atom is -0.360 e. The van der Waals surface area contributed by atoms with Crippen molar-refractivity contribution >= 4 is 28.2 Å². The highest BCUT2D eigenvalue weighted by molar-refractivity contribution is 7.98. The van der Waals surface area contributed by atoms with Crippen LogP contribution in [0.1, 0.15) is 24.0 Å². The Bertz CT molecular complexity index is 500. The monoisotopic (exact) mass is 281 g/mol. The largest absolute Gasteiger partial charge is 0.360 e. The van der Waals surface area contributed by atoms with E-state index in [1.807, 2.05) is 13.0 Å². The number of aryl methyl sites for hydroxylation is 1. The number of thioether (sulfide) groups is 1. The zero-order valence-electron chi connectivity index (χ0n) is 10.4. The Morgan fingerprint density at radius 3 is 3.06 bits per heavy atom. The molecule has 0 aliphatic heterocycles.